The van der Waals surface area contributed by atoms with Crippen LogP contribution in [0.15, 0.2) is 36.9 Å². The molecule has 4 heteroatoms. The number of halogens is 2. The Hall–Kier alpha value is -0.240. The lowest BCUT2D eigenvalue weighted by molar-refractivity contribution is -0.672. The molecule has 0 unspecified atom stereocenters. The lowest BCUT2D eigenvalue weighted by atomic mass is 10.0. The van der Waals surface area contributed by atoms with E-state index in [1.165, 1.54) is 99.3 Å². The molecule has 0 amide bonds. The summed E-state index contributed by atoms with van der Waals surface area (Å²) in [7, 11) is 4.25. The van der Waals surface area contributed by atoms with E-state index in [0.29, 0.717) is 0 Å². The Morgan fingerprint density at radius 3 is 1.10 bits per heavy atom. The van der Waals surface area contributed by atoms with Crippen molar-refractivity contribution in [3.05, 3.63) is 59.2 Å². The summed E-state index contributed by atoms with van der Waals surface area (Å²) in [5.74, 6) is 0. The zero-order valence-electron chi connectivity index (χ0n) is 19.6. The van der Waals surface area contributed by atoms with Gasteiger partial charge < -0.3 is 48.0 Å². The molecule has 0 radical (unpaired) electrons. The summed E-state index contributed by atoms with van der Waals surface area (Å²) >= 11 is 0. The third-order valence-corrected chi connectivity index (χ3v) is 5.56. The van der Waals surface area contributed by atoms with Crippen molar-refractivity contribution in [2.24, 2.45) is 14.1 Å². The Bertz CT molecular complexity index is 614. The summed E-state index contributed by atoms with van der Waals surface area (Å²) < 4.78 is 4.37. The van der Waals surface area contributed by atoms with Gasteiger partial charge in [0.15, 0.2) is 24.8 Å². The molecule has 0 N–H and O–H groups in total. The highest BCUT2D eigenvalue weighted by molar-refractivity contribution is 5.14. The molecule has 0 aliphatic carbocycles. The maximum atomic E-state index is 2.33. The van der Waals surface area contributed by atoms with Gasteiger partial charge in [-0.05, 0) is 51.7 Å². The van der Waals surface area contributed by atoms with Gasteiger partial charge in [-0.3, -0.25) is 0 Å². The van der Waals surface area contributed by atoms with Gasteiger partial charge in [0.05, 0.1) is 0 Å². The van der Waals surface area contributed by atoms with Crippen molar-refractivity contribution in [1.29, 1.82) is 0 Å². The SMILES string of the molecule is Cc1cc(CCCCCCCCCCCCc2cc(C)c[n+](C)c2)c[n+](C)c1.[I-].[I-]. The quantitative estimate of drug-likeness (QED) is 0.162. The molecule has 30 heavy (non-hydrogen) atoms. The lowest BCUT2D eigenvalue weighted by Gasteiger charge is -2.04. The molecule has 2 heterocycles. The second kappa shape index (κ2) is 17.3. The van der Waals surface area contributed by atoms with E-state index in [4.69, 9.17) is 0 Å². The minimum absolute atomic E-state index is 0. The van der Waals surface area contributed by atoms with E-state index >= 15 is 0 Å². The summed E-state index contributed by atoms with van der Waals surface area (Å²) in [5.41, 5.74) is 5.71. The molecule has 0 bridgehead atoms. The van der Waals surface area contributed by atoms with Gasteiger partial charge in [0.1, 0.15) is 14.1 Å². The van der Waals surface area contributed by atoms with Crippen LogP contribution >= 0.6 is 0 Å². The smallest absolute Gasteiger partial charge is 0.171 e. The van der Waals surface area contributed by atoms with Gasteiger partial charge >= 0.3 is 0 Å². The molecule has 0 fully saturated rings. The molecule has 2 aromatic rings. The summed E-state index contributed by atoms with van der Waals surface area (Å²) in [4.78, 5) is 0. The zero-order valence-corrected chi connectivity index (χ0v) is 23.9. The number of hydrogen-bond donors (Lipinski definition) is 0. The molecule has 2 aromatic heterocycles. The van der Waals surface area contributed by atoms with Gasteiger partial charge in [0.25, 0.3) is 0 Å². The highest BCUT2D eigenvalue weighted by atomic mass is 127. The number of aryl methyl sites for hydroxylation is 6. The Balaban J connectivity index is 0.00000420. The maximum Gasteiger partial charge on any atom is 0.171 e. The van der Waals surface area contributed by atoms with Gasteiger partial charge in [0, 0.05) is 22.3 Å². The first-order chi connectivity index (χ1) is 13.5. The topological polar surface area (TPSA) is 7.76 Å². The van der Waals surface area contributed by atoms with Crippen LogP contribution < -0.4 is 57.1 Å². The number of nitrogens with zero attached hydrogens (tertiary/aromatic N) is 2. The van der Waals surface area contributed by atoms with Crippen molar-refractivity contribution in [3.8, 4) is 0 Å². The van der Waals surface area contributed by atoms with Crippen LogP contribution in [0.25, 0.3) is 0 Å². The number of rotatable bonds is 13. The fourth-order valence-electron chi connectivity index (χ4n) is 4.32. The molecule has 2 rings (SSSR count). The standard InChI is InChI=1S/C26H42N2.2HI/c1-23-17-25(21-27(3)19-23)15-13-11-9-7-5-6-8-10-12-14-16-26-18-24(2)20-28(4)22-26;;/h17-22H,5-16H2,1-4H3;2*1H/q+2;;/p-2. The molecule has 0 spiro atoms. The van der Waals surface area contributed by atoms with E-state index < -0.39 is 0 Å². The Morgan fingerprint density at radius 2 is 0.800 bits per heavy atom. The van der Waals surface area contributed by atoms with E-state index in [1.807, 2.05) is 0 Å². The van der Waals surface area contributed by atoms with Crippen LogP contribution in [0.4, 0.5) is 0 Å². The van der Waals surface area contributed by atoms with Crippen LogP contribution in [0.5, 0.6) is 0 Å². The molecular formula is C26H42I2N2. The van der Waals surface area contributed by atoms with Crippen molar-refractivity contribution in [2.75, 3.05) is 0 Å². The maximum absolute atomic E-state index is 2.33. The van der Waals surface area contributed by atoms with Crippen molar-refractivity contribution < 1.29 is 57.1 Å². The number of aromatic nitrogens is 2. The summed E-state index contributed by atoms with van der Waals surface area (Å²) in [6.07, 6.45) is 25.3. The van der Waals surface area contributed by atoms with Crippen LogP contribution in [0, 0.1) is 13.8 Å². The normalized spacial score (nSPS) is 10.4. The minimum atomic E-state index is 0. The van der Waals surface area contributed by atoms with Crippen LogP contribution in [0.3, 0.4) is 0 Å². The van der Waals surface area contributed by atoms with Gasteiger partial charge in [-0.2, -0.15) is 0 Å². The third kappa shape index (κ3) is 13.2. The predicted molar refractivity (Wildman–Crippen MR) is 118 cm³/mol. The van der Waals surface area contributed by atoms with E-state index in [0.717, 1.165) is 0 Å². The zero-order chi connectivity index (χ0) is 20.2. The first-order valence-corrected chi connectivity index (χ1v) is 11.4. The fourth-order valence-corrected chi connectivity index (χ4v) is 4.32. The highest BCUT2D eigenvalue weighted by Gasteiger charge is 2.03. The summed E-state index contributed by atoms with van der Waals surface area (Å²) in [6.45, 7) is 4.37. The molecule has 0 aliphatic rings. The van der Waals surface area contributed by atoms with Crippen LogP contribution in [0.2, 0.25) is 0 Å². The fraction of sp³-hybridized carbons (Fsp3) is 0.615. The number of unbranched alkanes of at least 4 members (excludes halogenated alkanes) is 9. The largest absolute Gasteiger partial charge is 1.00 e. The first kappa shape index (κ1) is 29.8. The number of pyridine rings is 2. The third-order valence-electron chi connectivity index (χ3n) is 5.56. The van der Waals surface area contributed by atoms with Crippen molar-refractivity contribution >= 4 is 0 Å². The van der Waals surface area contributed by atoms with Gasteiger partial charge in [-0.15, -0.1) is 0 Å². The lowest BCUT2D eigenvalue weighted by Crippen LogP contribution is -3.00. The Kier molecular flexibility index (Phi) is 17.2. The van der Waals surface area contributed by atoms with Crippen molar-refractivity contribution in [2.45, 2.75) is 90.9 Å². The molecule has 0 atom stereocenters. The predicted octanol–water partition coefficient (Wildman–Crippen LogP) is -0.353. The molecule has 0 saturated carbocycles. The van der Waals surface area contributed by atoms with E-state index in [9.17, 15) is 0 Å². The Morgan fingerprint density at radius 1 is 0.500 bits per heavy atom. The molecule has 0 aliphatic heterocycles. The van der Waals surface area contributed by atoms with Crippen LogP contribution in [-0.4, -0.2) is 0 Å². The molecule has 2 nitrogen and oxygen atoms in total. The van der Waals surface area contributed by atoms with Gasteiger partial charge in [-0.1, -0.05) is 51.4 Å². The average Bonchev–Trinajstić information content (AvgIpc) is 2.61. The van der Waals surface area contributed by atoms with Crippen LogP contribution in [-0.2, 0) is 26.9 Å². The average molecular weight is 636 g/mol. The Labute approximate surface area is 219 Å². The van der Waals surface area contributed by atoms with Gasteiger partial charge in [0.2, 0.25) is 0 Å². The van der Waals surface area contributed by atoms with Gasteiger partial charge in [-0.25, -0.2) is 9.13 Å². The van der Waals surface area contributed by atoms with Crippen LogP contribution in [0.1, 0.15) is 86.5 Å². The van der Waals surface area contributed by atoms with E-state index in [2.05, 4.69) is 74.0 Å². The second-order valence-corrected chi connectivity index (χ2v) is 8.81. The summed E-state index contributed by atoms with van der Waals surface area (Å²) in [6, 6.07) is 4.66. The monoisotopic (exact) mass is 636 g/mol. The molecule has 170 valence electrons. The molecular weight excluding hydrogens is 594 g/mol. The minimum Gasteiger partial charge on any atom is -1.00 e. The first-order valence-electron chi connectivity index (χ1n) is 11.4. The van der Waals surface area contributed by atoms with Crippen molar-refractivity contribution in [1.82, 2.24) is 0 Å². The summed E-state index contributed by atoms with van der Waals surface area (Å²) in [5, 5.41) is 0. The molecule has 0 saturated heterocycles. The molecule has 0 aromatic carbocycles. The highest BCUT2D eigenvalue weighted by Crippen LogP contribution is 2.13. The van der Waals surface area contributed by atoms with E-state index in [-0.39, 0.29) is 48.0 Å². The second-order valence-electron chi connectivity index (χ2n) is 8.81. The van der Waals surface area contributed by atoms with Crippen molar-refractivity contribution in [3.63, 3.8) is 0 Å². The van der Waals surface area contributed by atoms with E-state index in [1.54, 1.807) is 0 Å². The number of hydrogen-bond acceptors (Lipinski definition) is 0.